The Kier molecular flexibility index (Phi) is 4.39. The van der Waals surface area contributed by atoms with Gasteiger partial charge in [-0.3, -0.25) is 0 Å². The van der Waals surface area contributed by atoms with E-state index in [1.54, 1.807) is 18.9 Å². The summed E-state index contributed by atoms with van der Waals surface area (Å²) in [5.74, 6) is 0. The summed E-state index contributed by atoms with van der Waals surface area (Å²) in [6.45, 7) is 3.50. The molecule has 5 heteroatoms. The van der Waals surface area contributed by atoms with Crippen LogP contribution >= 0.6 is 0 Å². The second kappa shape index (κ2) is 6.04. The fraction of sp³-hybridized carbons (Fsp3) is 0.500. The lowest BCUT2D eigenvalue weighted by Crippen LogP contribution is -2.33. The van der Waals surface area contributed by atoms with Crippen molar-refractivity contribution >= 4 is 11.7 Å². The van der Waals surface area contributed by atoms with Crippen molar-refractivity contribution in [3.05, 3.63) is 29.3 Å². The molecule has 2 rings (SSSR count). The van der Waals surface area contributed by atoms with Gasteiger partial charge in [0.25, 0.3) is 0 Å². The van der Waals surface area contributed by atoms with E-state index in [2.05, 4.69) is 5.32 Å². The Bertz CT molecular complexity index is 460. The number of urea groups is 1. The van der Waals surface area contributed by atoms with Gasteiger partial charge in [0, 0.05) is 19.3 Å². The second-order valence-electron chi connectivity index (χ2n) is 4.97. The quantitative estimate of drug-likeness (QED) is 0.873. The molecule has 1 atom stereocenters. The molecule has 1 aromatic carbocycles. The Labute approximate surface area is 113 Å². The number of carbonyl (C=O) groups excluding carboxylic acids is 1. The fourth-order valence-corrected chi connectivity index (χ4v) is 1.95. The number of aliphatic hydroxyl groups is 1. The number of fused-ring (bicyclic) bond motifs is 1. The van der Waals surface area contributed by atoms with Gasteiger partial charge in [0.05, 0.1) is 19.3 Å². The summed E-state index contributed by atoms with van der Waals surface area (Å²) in [6, 6.07) is 5.64. The number of carbonyl (C=O) groups is 1. The molecule has 1 aliphatic heterocycles. The summed E-state index contributed by atoms with van der Waals surface area (Å²) in [5.41, 5.74) is 3.09. The molecule has 104 valence electrons. The first-order valence-electron chi connectivity index (χ1n) is 6.46. The number of amides is 2. The smallest absolute Gasteiger partial charge is 0.321 e. The van der Waals surface area contributed by atoms with Crippen LogP contribution in [-0.4, -0.2) is 35.7 Å². The second-order valence-corrected chi connectivity index (χ2v) is 4.97. The molecule has 5 nitrogen and oxygen atoms in total. The Hall–Kier alpha value is -1.59. The molecular weight excluding hydrogens is 244 g/mol. The number of hydrogen-bond donors (Lipinski definition) is 2. The first kappa shape index (κ1) is 13.8. The van der Waals surface area contributed by atoms with Gasteiger partial charge in [0.15, 0.2) is 0 Å². The maximum atomic E-state index is 11.9. The summed E-state index contributed by atoms with van der Waals surface area (Å²) >= 11 is 0. The van der Waals surface area contributed by atoms with Gasteiger partial charge in [-0.15, -0.1) is 0 Å². The highest BCUT2D eigenvalue weighted by Crippen LogP contribution is 2.23. The van der Waals surface area contributed by atoms with E-state index in [-0.39, 0.29) is 6.03 Å². The van der Waals surface area contributed by atoms with Gasteiger partial charge in [-0.2, -0.15) is 0 Å². The number of ether oxygens (including phenoxy) is 1. The summed E-state index contributed by atoms with van der Waals surface area (Å²) in [7, 11) is 1.72. The molecule has 0 saturated carbocycles. The van der Waals surface area contributed by atoms with Crippen LogP contribution in [0, 0.1) is 0 Å². The van der Waals surface area contributed by atoms with Crippen molar-refractivity contribution in [1.82, 2.24) is 4.90 Å². The number of hydrogen-bond acceptors (Lipinski definition) is 3. The third-order valence-electron chi connectivity index (χ3n) is 3.20. The lowest BCUT2D eigenvalue weighted by Gasteiger charge is -2.19. The van der Waals surface area contributed by atoms with Crippen LogP contribution in [0.2, 0.25) is 0 Å². The van der Waals surface area contributed by atoms with Gasteiger partial charge in [-0.1, -0.05) is 6.07 Å². The Morgan fingerprint density at radius 2 is 2.21 bits per heavy atom. The van der Waals surface area contributed by atoms with Gasteiger partial charge >= 0.3 is 6.03 Å². The highest BCUT2D eigenvalue weighted by atomic mass is 16.5. The van der Waals surface area contributed by atoms with Crippen LogP contribution < -0.4 is 5.32 Å². The standard InChI is InChI=1S/C14H20N2O3/c1-10(17)5-6-16(2)14(18)15-13-4-3-11-8-19-9-12(11)7-13/h3-4,7,10,17H,5-6,8-9H2,1-2H3,(H,15,18). The lowest BCUT2D eigenvalue weighted by molar-refractivity contribution is 0.134. The largest absolute Gasteiger partial charge is 0.393 e. The maximum absolute atomic E-state index is 11.9. The molecule has 1 aromatic rings. The van der Waals surface area contributed by atoms with E-state index in [1.807, 2.05) is 18.2 Å². The van der Waals surface area contributed by atoms with Gasteiger partial charge in [-0.05, 0) is 36.6 Å². The molecule has 2 N–H and O–H groups in total. The molecule has 0 saturated heterocycles. The number of nitrogens with zero attached hydrogens (tertiary/aromatic N) is 1. The first-order valence-corrected chi connectivity index (χ1v) is 6.46. The SMILES string of the molecule is CC(O)CCN(C)C(=O)Nc1ccc2c(c1)COC2. The molecule has 0 spiro atoms. The highest BCUT2D eigenvalue weighted by Gasteiger charge is 2.14. The molecule has 19 heavy (non-hydrogen) atoms. The minimum absolute atomic E-state index is 0.167. The van der Waals surface area contributed by atoms with Crippen molar-refractivity contribution in [3.8, 4) is 0 Å². The molecular formula is C14H20N2O3. The van der Waals surface area contributed by atoms with E-state index in [1.165, 1.54) is 5.56 Å². The minimum Gasteiger partial charge on any atom is -0.393 e. The summed E-state index contributed by atoms with van der Waals surface area (Å²) in [6.07, 6.45) is 0.175. The normalized spacial score (nSPS) is 14.9. The highest BCUT2D eigenvalue weighted by molar-refractivity contribution is 5.89. The van der Waals surface area contributed by atoms with E-state index in [9.17, 15) is 9.90 Å². The Morgan fingerprint density at radius 3 is 2.95 bits per heavy atom. The number of aliphatic hydroxyl groups excluding tert-OH is 1. The zero-order valence-electron chi connectivity index (χ0n) is 11.3. The maximum Gasteiger partial charge on any atom is 0.321 e. The molecule has 0 fully saturated rings. The van der Waals surface area contributed by atoms with Crippen molar-refractivity contribution in [2.24, 2.45) is 0 Å². The number of nitrogens with one attached hydrogen (secondary N) is 1. The monoisotopic (exact) mass is 264 g/mol. The number of anilines is 1. The van der Waals surface area contributed by atoms with Crippen molar-refractivity contribution in [3.63, 3.8) is 0 Å². The zero-order valence-corrected chi connectivity index (χ0v) is 11.3. The van der Waals surface area contributed by atoms with Crippen LogP contribution in [0.25, 0.3) is 0 Å². The molecule has 0 aromatic heterocycles. The Morgan fingerprint density at radius 1 is 1.47 bits per heavy atom. The average Bonchev–Trinajstić information content (AvgIpc) is 2.83. The van der Waals surface area contributed by atoms with Crippen LogP contribution in [0.3, 0.4) is 0 Å². The first-order chi connectivity index (χ1) is 9.06. The number of benzene rings is 1. The molecule has 0 radical (unpaired) electrons. The zero-order chi connectivity index (χ0) is 13.8. The average molecular weight is 264 g/mol. The number of rotatable bonds is 4. The minimum atomic E-state index is -0.396. The van der Waals surface area contributed by atoms with Crippen molar-refractivity contribution in [2.75, 3.05) is 18.9 Å². The van der Waals surface area contributed by atoms with Gasteiger partial charge in [0.2, 0.25) is 0 Å². The van der Waals surface area contributed by atoms with E-state index in [0.717, 1.165) is 11.3 Å². The lowest BCUT2D eigenvalue weighted by atomic mass is 10.1. The van der Waals surface area contributed by atoms with E-state index in [0.29, 0.717) is 26.2 Å². The predicted molar refractivity (Wildman–Crippen MR) is 72.9 cm³/mol. The van der Waals surface area contributed by atoms with Gasteiger partial charge in [-0.25, -0.2) is 4.79 Å². The van der Waals surface area contributed by atoms with E-state index >= 15 is 0 Å². The van der Waals surface area contributed by atoms with Crippen LogP contribution in [-0.2, 0) is 18.0 Å². The van der Waals surface area contributed by atoms with Crippen LogP contribution in [0.5, 0.6) is 0 Å². The van der Waals surface area contributed by atoms with Gasteiger partial charge < -0.3 is 20.1 Å². The Balaban J connectivity index is 1.91. The third kappa shape index (κ3) is 3.68. The summed E-state index contributed by atoms with van der Waals surface area (Å²) in [4.78, 5) is 13.5. The summed E-state index contributed by atoms with van der Waals surface area (Å²) < 4.78 is 5.34. The predicted octanol–water partition coefficient (Wildman–Crippen LogP) is 1.95. The van der Waals surface area contributed by atoms with Gasteiger partial charge in [0.1, 0.15) is 0 Å². The molecule has 0 aliphatic carbocycles. The van der Waals surface area contributed by atoms with E-state index < -0.39 is 6.10 Å². The van der Waals surface area contributed by atoms with Crippen molar-refractivity contribution in [1.29, 1.82) is 0 Å². The van der Waals surface area contributed by atoms with E-state index in [4.69, 9.17) is 4.74 Å². The molecule has 2 amide bonds. The molecule has 1 aliphatic rings. The van der Waals surface area contributed by atoms with Crippen molar-refractivity contribution < 1.29 is 14.6 Å². The molecule has 0 bridgehead atoms. The van der Waals surface area contributed by atoms with Crippen molar-refractivity contribution in [2.45, 2.75) is 32.7 Å². The topological polar surface area (TPSA) is 61.8 Å². The fourth-order valence-electron chi connectivity index (χ4n) is 1.95. The van der Waals surface area contributed by atoms with Crippen LogP contribution in [0.15, 0.2) is 18.2 Å². The molecule has 1 heterocycles. The third-order valence-corrected chi connectivity index (χ3v) is 3.20. The van der Waals surface area contributed by atoms with Crippen LogP contribution in [0.1, 0.15) is 24.5 Å². The van der Waals surface area contributed by atoms with Crippen LogP contribution in [0.4, 0.5) is 10.5 Å². The summed E-state index contributed by atoms with van der Waals surface area (Å²) in [5, 5.41) is 12.1. The molecule has 1 unspecified atom stereocenters.